The maximum Gasteiger partial charge on any atom is 0.254 e. The molecule has 1 aliphatic heterocycles. The van der Waals surface area contributed by atoms with Crippen molar-refractivity contribution >= 4 is 5.91 Å². The number of hydrogen-bond acceptors (Lipinski definition) is 7. The zero-order valence-electron chi connectivity index (χ0n) is 17.8. The summed E-state index contributed by atoms with van der Waals surface area (Å²) in [6.45, 7) is 1.23. The van der Waals surface area contributed by atoms with E-state index in [-0.39, 0.29) is 11.8 Å². The summed E-state index contributed by atoms with van der Waals surface area (Å²) in [5, 5.41) is 4.14. The summed E-state index contributed by atoms with van der Waals surface area (Å²) in [5.74, 6) is 2.87. The summed E-state index contributed by atoms with van der Waals surface area (Å²) in [5.41, 5.74) is 1.38. The molecule has 2 aromatic carbocycles. The van der Waals surface area contributed by atoms with Crippen LogP contribution in [-0.4, -0.2) is 55.4 Å². The van der Waals surface area contributed by atoms with Crippen molar-refractivity contribution in [3.05, 3.63) is 53.9 Å². The van der Waals surface area contributed by atoms with Crippen LogP contribution in [0.15, 0.2) is 47.0 Å². The van der Waals surface area contributed by atoms with Crippen LogP contribution in [-0.2, 0) is 0 Å². The lowest BCUT2D eigenvalue weighted by atomic mass is 9.97. The Hall–Kier alpha value is -3.55. The number of piperidine rings is 1. The van der Waals surface area contributed by atoms with Crippen molar-refractivity contribution < 1.29 is 23.5 Å². The zero-order chi connectivity index (χ0) is 21.8. The second-order valence-corrected chi connectivity index (χ2v) is 7.35. The minimum atomic E-state index is -0.0248. The van der Waals surface area contributed by atoms with Gasteiger partial charge in [-0.3, -0.25) is 4.79 Å². The Labute approximate surface area is 180 Å². The maximum absolute atomic E-state index is 13.0. The number of nitrogens with zero attached hydrogens (tertiary/aromatic N) is 3. The van der Waals surface area contributed by atoms with Crippen LogP contribution in [0.1, 0.15) is 35.0 Å². The van der Waals surface area contributed by atoms with Crippen molar-refractivity contribution in [2.24, 2.45) is 0 Å². The number of ether oxygens (including phenoxy) is 3. The van der Waals surface area contributed by atoms with Gasteiger partial charge in [-0.15, -0.1) is 0 Å². The van der Waals surface area contributed by atoms with Crippen LogP contribution in [0.5, 0.6) is 17.2 Å². The van der Waals surface area contributed by atoms with E-state index in [0.29, 0.717) is 47.6 Å². The van der Waals surface area contributed by atoms with Gasteiger partial charge in [0, 0.05) is 24.2 Å². The number of likely N-dealkylation sites (tertiary alicyclic amines) is 1. The molecule has 1 atom stereocenters. The van der Waals surface area contributed by atoms with Gasteiger partial charge in [0.1, 0.15) is 5.75 Å². The highest BCUT2D eigenvalue weighted by atomic mass is 16.5. The molecule has 0 N–H and O–H groups in total. The maximum atomic E-state index is 13.0. The highest BCUT2D eigenvalue weighted by Gasteiger charge is 2.29. The van der Waals surface area contributed by atoms with E-state index in [1.54, 1.807) is 39.5 Å². The molecule has 0 bridgehead atoms. The average Bonchev–Trinajstić information content (AvgIpc) is 3.33. The van der Waals surface area contributed by atoms with E-state index in [9.17, 15) is 4.79 Å². The molecule has 0 saturated carbocycles. The predicted octanol–water partition coefficient (Wildman–Crippen LogP) is 3.78. The highest BCUT2D eigenvalue weighted by molar-refractivity contribution is 5.94. The summed E-state index contributed by atoms with van der Waals surface area (Å²) in [6, 6.07) is 12.7. The standard InChI is InChI=1S/C23H25N3O5/c1-28-18-8-4-6-16(12-18)23(27)26-11-5-7-17(14-26)22-24-21(25-31-22)15-9-10-19(29-2)20(13-15)30-3/h4,6,8-10,12-13,17H,5,7,11,14H2,1-3H3/t17-/m0/s1. The van der Waals surface area contributed by atoms with Gasteiger partial charge in [0.25, 0.3) is 5.91 Å². The van der Waals surface area contributed by atoms with Crippen molar-refractivity contribution in [2.75, 3.05) is 34.4 Å². The molecule has 1 aromatic heterocycles. The SMILES string of the molecule is COc1cccc(C(=O)N2CCC[C@H](c3nc(-c4ccc(OC)c(OC)c4)no3)C2)c1. The Balaban J connectivity index is 1.50. The molecule has 1 amide bonds. The van der Waals surface area contributed by atoms with Crippen LogP contribution in [0.4, 0.5) is 0 Å². The van der Waals surface area contributed by atoms with Crippen molar-refractivity contribution in [1.29, 1.82) is 0 Å². The van der Waals surface area contributed by atoms with Gasteiger partial charge in [0.15, 0.2) is 11.5 Å². The fourth-order valence-corrected chi connectivity index (χ4v) is 3.80. The Bertz CT molecular complexity index is 1060. The molecular formula is C23H25N3O5. The van der Waals surface area contributed by atoms with E-state index in [2.05, 4.69) is 10.1 Å². The van der Waals surface area contributed by atoms with Gasteiger partial charge in [-0.25, -0.2) is 0 Å². The summed E-state index contributed by atoms with van der Waals surface area (Å²) in [4.78, 5) is 19.4. The summed E-state index contributed by atoms with van der Waals surface area (Å²) >= 11 is 0. The molecule has 162 valence electrons. The van der Waals surface area contributed by atoms with Crippen LogP contribution in [0.2, 0.25) is 0 Å². The fourth-order valence-electron chi connectivity index (χ4n) is 3.80. The van der Waals surface area contributed by atoms with Gasteiger partial charge in [0.2, 0.25) is 11.7 Å². The van der Waals surface area contributed by atoms with Gasteiger partial charge in [-0.05, 0) is 49.2 Å². The molecule has 2 heterocycles. The molecule has 3 aromatic rings. The van der Waals surface area contributed by atoms with E-state index >= 15 is 0 Å². The third-order valence-corrected chi connectivity index (χ3v) is 5.46. The molecule has 8 heteroatoms. The van der Waals surface area contributed by atoms with Crippen LogP contribution >= 0.6 is 0 Å². The first-order chi connectivity index (χ1) is 15.1. The van der Waals surface area contributed by atoms with Gasteiger partial charge < -0.3 is 23.6 Å². The monoisotopic (exact) mass is 423 g/mol. The summed E-state index contributed by atoms with van der Waals surface area (Å²) < 4.78 is 21.4. The first-order valence-corrected chi connectivity index (χ1v) is 10.1. The van der Waals surface area contributed by atoms with Crippen molar-refractivity contribution in [2.45, 2.75) is 18.8 Å². The largest absolute Gasteiger partial charge is 0.497 e. The average molecular weight is 423 g/mol. The molecule has 31 heavy (non-hydrogen) atoms. The van der Waals surface area contributed by atoms with E-state index in [4.69, 9.17) is 18.7 Å². The minimum Gasteiger partial charge on any atom is -0.497 e. The van der Waals surface area contributed by atoms with E-state index < -0.39 is 0 Å². The van der Waals surface area contributed by atoms with Crippen LogP contribution in [0, 0.1) is 0 Å². The number of carbonyl (C=O) groups excluding carboxylic acids is 1. The lowest BCUT2D eigenvalue weighted by Gasteiger charge is -2.31. The Kier molecular flexibility index (Phi) is 6.06. The highest BCUT2D eigenvalue weighted by Crippen LogP contribution is 2.33. The molecule has 1 aliphatic rings. The lowest BCUT2D eigenvalue weighted by molar-refractivity contribution is 0.0695. The second-order valence-electron chi connectivity index (χ2n) is 7.35. The second kappa shape index (κ2) is 9.07. The van der Waals surface area contributed by atoms with Crippen LogP contribution in [0.3, 0.4) is 0 Å². The topological polar surface area (TPSA) is 86.9 Å². The first-order valence-electron chi connectivity index (χ1n) is 10.1. The molecule has 0 unspecified atom stereocenters. The lowest BCUT2D eigenvalue weighted by Crippen LogP contribution is -2.39. The Morgan fingerprint density at radius 1 is 1.06 bits per heavy atom. The molecule has 1 fully saturated rings. The summed E-state index contributed by atoms with van der Waals surface area (Å²) in [7, 11) is 4.76. The smallest absolute Gasteiger partial charge is 0.254 e. The van der Waals surface area contributed by atoms with Gasteiger partial charge in [-0.1, -0.05) is 11.2 Å². The third kappa shape index (κ3) is 4.33. The summed E-state index contributed by atoms with van der Waals surface area (Å²) in [6.07, 6.45) is 1.75. The number of rotatable bonds is 6. The van der Waals surface area contributed by atoms with E-state index in [0.717, 1.165) is 18.4 Å². The normalized spacial score (nSPS) is 16.1. The quantitative estimate of drug-likeness (QED) is 0.596. The number of amides is 1. The fraction of sp³-hybridized carbons (Fsp3) is 0.348. The molecule has 8 nitrogen and oxygen atoms in total. The molecule has 0 spiro atoms. The number of benzene rings is 2. The number of methoxy groups -OCH3 is 3. The van der Waals surface area contributed by atoms with Crippen molar-refractivity contribution in [3.8, 4) is 28.6 Å². The third-order valence-electron chi connectivity index (χ3n) is 5.46. The molecule has 4 rings (SSSR count). The van der Waals surface area contributed by atoms with E-state index in [1.807, 2.05) is 29.2 Å². The predicted molar refractivity (Wildman–Crippen MR) is 114 cm³/mol. The molecular weight excluding hydrogens is 398 g/mol. The van der Waals surface area contributed by atoms with Crippen LogP contribution < -0.4 is 14.2 Å². The van der Waals surface area contributed by atoms with Crippen molar-refractivity contribution in [1.82, 2.24) is 15.0 Å². The van der Waals surface area contributed by atoms with Crippen molar-refractivity contribution in [3.63, 3.8) is 0 Å². The Morgan fingerprint density at radius 2 is 1.90 bits per heavy atom. The van der Waals surface area contributed by atoms with Crippen LogP contribution in [0.25, 0.3) is 11.4 Å². The number of aromatic nitrogens is 2. The zero-order valence-corrected chi connectivity index (χ0v) is 17.8. The molecule has 0 radical (unpaired) electrons. The van der Waals surface area contributed by atoms with Gasteiger partial charge >= 0.3 is 0 Å². The number of carbonyl (C=O) groups is 1. The van der Waals surface area contributed by atoms with Gasteiger partial charge in [-0.2, -0.15) is 4.98 Å². The van der Waals surface area contributed by atoms with Gasteiger partial charge in [0.05, 0.1) is 27.2 Å². The number of hydrogen-bond donors (Lipinski definition) is 0. The molecule has 1 saturated heterocycles. The minimum absolute atomic E-state index is 0.00954. The van der Waals surface area contributed by atoms with E-state index in [1.165, 1.54) is 0 Å². The first kappa shape index (κ1) is 20.7. The molecule has 0 aliphatic carbocycles. The Morgan fingerprint density at radius 3 is 2.68 bits per heavy atom.